The van der Waals surface area contributed by atoms with E-state index >= 15 is 0 Å². The molecule has 16 heteroatoms. The van der Waals surface area contributed by atoms with Crippen molar-refractivity contribution < 1.29 is 41.8 Å². The van der Waals surface area contributed by atoms with Crippen LogP contribution in [-0.2, 0) is 15.8 Å². The number of carbonyl (C=O) groups excluding carboxylic acids is 3. The summed E-state index contributed by atoms with van der Waals surface area (Å²) in [5.74, 6) is -2.59. The Balaban J connectivity index is 1.36. The summed E-state index contributed by atoms with van der Waals surface area (Å²) >= 11 is 0. The van der Waals surface area contributed by atoms with Crippen LogP contribution in [0.5, 0.6) is 5.75 Å². The fraction of sp³-hybridized carbons (Fsp3) is 0.281. The lowest BCUT2D eigenvalue weighted by molar-refractivity contribution is -0.265. The van der Waals surface area contributed by atoms with Crippen LogP contribution in [0.1, 0.15) is 28.5 Å². The van der Waals surface area contributed by atoms with Crippen molar-refractivity contribution in [2.24, 2.45) is 5.73 Å². The third-order valence-electron chi connectivity index (χ3n) is 8.46. The number of carbonyl (C=O) groups is 3. The van der Waals surface area contributed by atoms with Crippen molar-refractivity contribution in [3.8, 4) is 17.0 Å². The van der Waals surface area contributed by atoms with Crippen LogP contribution in [0.25, 0.3) is 22.2 Å². The normalized spacial score (nSPS) is 18.6. The van der Waals surface area contributed by atoms with Crippen molar-refractivity contribution in [3.63, 3.8) is 0 Å². The first-order chi connectivity index (χ1) is 22.7. The molecular formula is C32H29F4N7O5. The summed E-state index contributed by atoms with van der Waals surface area (Å²) in [7, 11) is 0. The van der Waals surface area contributed by atoms with E-state index < -0.39 is 53.1 Å². The molecular weight excluding hydrogens is 638 g/mol. The molecule has 0 bridgehead atoms. The number of amides is 4. The van der Waals surface area contributed by atoms with Crippen molar-refractivity contribution in [3.05, 3.63) is 83.4 Å². The Morgan fingerprint density at radius 2 is 1.85 bits per heavy atom. The van der Waals surface area contributed by atoms with E-state index in [1.165, 1.54) is 37.4 Å². The number of pyridine rings is 2. The van der Waals surface area contributed by atoms with E-state index in [9.17, 15) is 37.1 Å². The Hall–Kier alpha value is -5.35. The van der Waals surface area contributed by atoms with Crippen LogP contribution in [-0.4, -0.2) is 71.4 Å². The average molecular weight is 668 g/mol. The number of hydrogen-bond acceptors (Lipinski definition) is 8. The van der Waals surface area contributed by atoms with Crippen LogP contribution in [0.2, 0.25) is 0 Å². The van der Waals surface area contributed by atoms with Gasteiger partial charge in [-0.25, -0.2) is 14.2 Å². The number of halogens is 4. The average Bonchev–Trinajstić information content (AvgIpc) is 3.38. The van der Waals surface area contributed by atoms with Gasteiger partial charge in [0.05, 0.1) is 29.5 Å². The Kier molecular flexibility index (Phi) is 8.16. The minimum absolute atomic E-state index is 0.0531. The summed E-state index contributed by atoms with van der Waals surface area (Å²) in [6.45, 7) is 0.811. The largest absolute Gasteiger partial charge is 0.489 e. The van der Waals surface area contributed by atoms with E-state index in [1.54, 1.807) is 12.1 Å². The zero-order valence-electron chi connectivity index (χ0n) is 25.2. The number of hydrogen-bond donors (Lipinski definition) is 6. The fourth-order valence-electron chi connectivity index (χ4n) is 5.40. The molecule has 4 heterocycles. The molecule has 7 N–H and O–H groups in total. The number of nitrogens with two attached hydrogens (primary N) is 1. The lowest BCUT2D eigenvalue weighted by Gasteiger charge is -2.31. The maximum atomic E-state index is 14.8. The van der Waals surface area contributed by atoms with E-state index in [-0.39, 0.29) is 46.5 Å². The number of nitrogens with one attached hydrogen (secondary N) is 4. The summed E-state index contributed by atoms with van der Waals surface area (Å²) in [5.41, 5.74) is -0.536. The molecule has 0 saturated carbocycles. The predicted octanol–water partition coefficient (Wildman–Crippen LogP) is 2.84. The number of benzene rings is 2. The highest BCUT2D eigenvalue weighted by atomic mass is 19.4. The Bertz CT molecular complexity index is 1940. The van der Waals surface area contributed by atoms with Crippen LogP contribution < -0.4 is 31.7 Å². The minimum Gasteiger partial charge on any atom is -0.489 e. The Morgan fingerprint density at radius 3 is 2.50 bits per heavy atom. The van der Waals surface area contributed by atoms with Crippen LogP contribution in [0.15, 0.2) is 60.8 Å². The van der Waals surface area contributed by atoms with Gasteiger partial charge in [-0.05, 0) is 55.5 Å². The first-order valence-corrected chi connectivity index (χ1v) is 14.7. The van der Waals surface area contributed by atoms with Crippen molar-refractivity contribution in [1.82, 2.24) is 25.9 Å². The number of anilines is 1. The number of primary amides is 1. The third-order valence-corrected chi connectivity index (χ3v) is 8.46. The second kappa shape index (κ2) is 12.0. The molecule has 250 valence electrons. The lowest BCUT2D eigenvalue weighted by Crippen LogP contribution is -2.57. The first-order valence-electron chi connectivity index (χ1n) is 14.7. The number of urea groups is 1. The molecule has 0 unspecified atom stereocenters. The van der Waals surface area contributed by atoms with E-state index in [0.717, 1.165) is 18.2 Å². The number of aliphatic hydroxyl groups is 1. The maximum absolute atomic E-state index is 14.8. The van der Waals surface area contributed by atoms with Gasteiger partial charge in [0, 0.05) is 41.4 Å². The van der Waals surface area contributed by atoms with Crippen LogP contribution in [0.4, 0.5) is 28.0 Å². The zero-order chi connectivity index (χ0) is 34.4. The van der Waals surface area contributed by atoms with Gasteiger partial charge in [0.1, 0.15) is 29.3 Å². The van der Waals surface area contributed by atoms with Crippen molar-refractivity contribution >= 4 is 34.4 Å². The predicted molar refractivity (Wildman–Crippen MR) is 165 cm³/mol. The van der Waals surface area contributed by atoms with Crippen LogP contribution in [0.3, 0.4) is 0 Å². The maximum Gasteiger partial charge on any atom is 0.424 e. The molecule has 0 radical (unpaired) electrons. The molecule has 48 heavy (non-hydrogen) atoms. The quantitative estimate of drug-likeness (QED) is 0.155. The molecule has 1 saturated heterocycles. The van der Waals surface area contributed by atoms with Crippen LogP contribution >= 0.6 is 0 Å². The molecule has 0 aliphatic carbocycles. The van der Waals surface area contributed by atoms with E-state index in [4.69, 9.17) is 10.5 Å². The second-order valence-electron chi connectivity index (χ2n) is 11.8. The number of aromatic nitrogens is 2. The fourth-order valence-corrected chi connectivity index (χ4v) is 5.40. The van der Waals surface area contributed by atoms with Crippen molar-refractivity contribution in [2.45, 2.75) is 30.2 Å². The van der Waals surface area contributed by atoms with E-state index in [0.29, 0.717) is 24.0 Å². The second-order valence-corrected chi connectivity index (χ2v) is 11.8. The van der Waals surface area contributed by atoms with Gasteiger partial charge >= 0.3 is 12.2 Å². The number of nitrogens with zero attached hydrogens (tertiary/aromatic N) is 2. The van der Waals surface area contributed by atoms with Crippen molar-refractivity contribution in [1.29, 1.82) is 0 Å². The summed E-state index contributed by atoms with van der Waals surface area (Å²) in [6, 6.07) is 10.7. The monoisotopic (exact) mass is 667 g/mol. The Labute approximate surface area is 270 Å². The first kappa shape index (κ1) is 32.6. The van der Waals surface area contributed by atoms with Crippen molar-refractivity contribution in [2.75, 3.05) is 31.6 Å². The highest BCUT2D eigenvalue weighted by molar-refractivity contribution is 6.05. The number of fused-ring (bicyclic) bond motifs is 2. The molecule has 2 aliphatic rings. The molecule has 2 atom stereocenters. The lowest BCUT2D eigenvalue weighted by atomic mass is 9.81. The molecule has 4 amide bonds. The summed E-state index contributed by atoms with van der Waals surface area (Å²) in [6.07, 6.45) is -3.93. The molecule has 6 rings (SSSR count). The van der Waals surface area contributed by atoms with E-state index in [1.807, 2.05) is 0 Å². The van der Waals surface area contributed by atoms with Gasteiger partial charge in [0.25, 0.3) is 5.91 Å². The minimum atomic E-state index is -5.40. The van der Waals surface area contributed by atoms with E-state index in [2.05, 4.69) is 31.2 Å². The summed E-state index contributed by atoms with van der Waals surface area (Å²) in [5, 5.41) is 22.3. The van der Waals surface area contributed by atoms with Crippen LogP contribution in [0, 0.1) is 5.82 Å². The smallest absolute Gasteiger partial charge is 0.424 e. The molecule has 12 nitrogen and oxygen atoms in total. The van der Waals surface area contributed by atoms with Gasteiger partial charge in [-0.1, -0.05) is 6.07 Å². The van der Waals surface area contributed by atoms with Gasteiger partial charge < -0.3 is 36.8 Å². The number of ether oxygens (including phenoxy) is 1. The van der Waals surface area contributed by atoms with Gasteiger partial charge in [-0.2, -0.15) is 13.2 Å². The summed E-state index contributed by atoms with van der Waals surface area (Å²) in [4.78, 5) is 46.8. The summed E-state index contributed by atoms with van der Waals surface area (Å²) < 4.78 is 63.8. The van der Waals surface area contributed by atoms with Gasteiger partial charge in [0.2, 0.25) is 11.5 Å². The number of rotatable bonds is 8. The molecule has 2 aromatic carbocycles. The molecule has 1 fully saturated rings. The molecule has 0 spiro atoms. The standard InChI is InChI=1S/C32H29F4N7O5/c1-30(28(37)45)15-48-26-21(30)11-23(43-25(26)16-4-6-19(33)7-5-16)31(47,32(34,35)36)14-40-27(44)18-9-17-3-2-8-39-24(17)22(10-18)42-29(46)41-20-12-38-13-20/h2-11,20,38,47H,12-15H2,1H3,(H2,37,45)(H,40,44)(H2,41,42,46)/t30-,31-/m0/s1. The number of alkyl halides is 3. The van der Waals surface area contributed by atoms with Gasteiger partial charge in [0.15, 0.2) is 0 Å². The molecule has 4 aromatic rings. The third kappa shape index (κ3) is 5.84. The van der Waals surface area contributed by atoms with Gasteiger partial charge in [-0.3, -0.25) is 14.6 Å². The SMILES string of the molecule is C[C@]1(C(N)=O)COc2c1cc([C@@](O)(CNC(=O)c1cc(NC(=O)NC3CNC3)c3ncccc3c1)C(F)(F)F)nc2-c1ccc(F)cc1. The highest BCUT2D eigenvalue weighted by Gasteiger charge is 2.57. The zero-order valence-corrected chi connectivity index (χ0v) is 25.2. The highest BCUT2D eigenvalue weighted by Crippen LogP contribution is 2.47. The topological polar surface area (TPSA) is 181 Å². The Morgan fingerprint density at radius 1 is 1.12 bits per heavy atom. The molecule has 2 aromatic heterocycles. The van der Waals surface area contributed by atoms with Gasteiger partial charge in [-0.15, -0.1) is 0 Å². The molecule has 2 aliphatic heterocycles.